The van der Waals surface area contributed by atoms with Crippen molar-refractivity contribution in [2.24, 2.45) is 10.1 Å². The Hall–Kier alpha value is -2.78. The van der Waals surface area contributed by atoms with Gasteiger partial charge in [-0.1, -0.05) is 42.5 Å². The zero-order chi connectivity index (χ0) is 18.5. The van der Waals surface area contributed by atoms with Crippen LogP contribution >= 0.6 is 11.8 Å². The molecule has 0 aromatic heterocycles. The lowest BCUT2D eigenvalue weighted by Crippen LogP contribution is -2.35. The maximum absolute atomic E-state index is 12.4. The molecule has 0 aliphatic carbocycles. The number of thioether (sulfide) groups is 1. The van der Waals surface area contributed by atoms with Crippen LogP contribution in [0.25, 0.3) is 16.8 Å². The molecular formula is C17H12N4O3S2. The number of fused-ring (bicyclic) bond motifs is 2. The summed E-state index contributed by atoms with van der Waals surface area (Å²) >= 11 is 0.769. The molecular weight excluding hydrogens is 372 g/mol. The second-order valence-corrected chi connectivity index (χ2v) is 8.87. The lowest BCUT2D eigenvalue weighted by molar-refractivity contribution is -0.114. The van der Waals surface area contributed by atoms with Crippen molar-refractivity contribution >= 4 is 59.7 Å². The average molecular weight is 384 g/mol. The molecule has 0 spiro atoms. The molecule has 2 aliphatic heterocycles. The van der Waals surface area contributed by atoms with Crippen molar-refractivity contribution in [3.8, 4) is 0 Å². The number of hydrazone groups is 1. The molecule has 0 fully saturated rings. The highest BCUT2D eigenvalue weighted by atomic mass is 32.3. The molecule has 0 bridgehead atoms. The molecule has 4 rings (SSSR count). The van der Waals surface area contributed by atoms with E-state index >= 15 is 0 Å². The molecule has 2 aromatic carbocycles. The molecule has 2 heterocycles. The third-order valence-electron chi connectivity index (χ3n) is 3.88. The van der Waals surface area contributed by atoms with E-state index in [4.69, 9.17) is 5.41 Å². The number of nitrogens with zero attached hydrogens (tertiary/aromatic N) is 3. The van der Waals surface area contributed by atoms with Gasteiger partial charge < -0.3 is 0 Å². The summed E-state index contributed by atoms with van der Waals surface area (Å²) in [6.45, 7) is 0. The van der Waals surface area contributed by atoms with Gasteiger partial charge in [0.25, 0.3) is 5.91 Å². The molecule has 0 atom stereocenters. The molecule has 0 saturated carbocycles. The Morgan fingerprint density at radius 1 is 1.15 bits per heavy atom. The smallest absolute Gasteiger partial charge is 0.282 e. The number of carbonyl (C=O) groups excluding carboxylic acids is 1. The number of nitrogens with one attached hydrogen (secondary N) is 1. The van der Waals surface area contributed by atoms with Crippen LogP contribution in [0, 0.1) is 5.41 Å². The molecule has 130 valence electrons. The van der Waals surface area contributed by atoms with E-state index in [-0.39, 0.29) is 21.0 Å². The monoisotopic (exact) mass is 384 g/mol. The third kappa shape index (κ3) is 2.74. The van der Waals surface area contributed by atoms with Crippen molar-refractivity contribution in [1.82, 2.24) is 5.01 Å². The maximum atomic E-state index is 12.4. The second-order valence-electron chi connectivity index (χ2n) is 5.73. The quantitative estimate of drug-likeness (QED) is 0.761. The number of benzene rings is 2. The zero-order valence-electron chi connectivity index (χ0n) is 13.5. The van der Waals surface area contributed by atoms with E-state index < -0.39 is 15.7 Å². The topological polar surface area (TPSA) is 103 Å². The van der Waals surface area contributed by atoms with E-state index in [2.05, 4.69) is 10.1 Å². The van der Waals surface area contributed by atoms with Gasteiger partial charge >= 0.3 is 0 Å². The fraction of sp³-hybridized carbons (Fsp3) is 0.0588. The fourth-order valence-electron chi connectivity index (χ4n) is 2.66. The third-order valence-corrected chi connectivity index (χ3v) is 6.45. The number of carbonyl (C=O) groups is 1. The summed E-state index contributed by atoms with van der Waals surface area (Å²) in [6, 6.07) is 13.4. The predicted molar refractivity (Wildman–Crippen MR) is 104 cm³/mol. The number of hydrogen-bond acceptors (Lipinski definition) is 6. The molecule has 0 radical (unpaired) electrons. The van der Waals surface area contributed by atoms with Crippen molar-refractivity contribution in [1.29, 1.82) is 5.41 Å². The number of rotatable bonds is 1. The molecule has 1 amide bonds. The molecule has 26 heavy (non-hydrogen) atoms. The molecule has 2 aromatic rings. The first-order valence-electron chi connectivity index (χ1n) is 7.52. The minimum absolute atomic E-state index is 0.0594. The summed E-state index contributed by atoms with van der Waals surface area (Å²) in [5, 5.41) is 15.3. The van der Waals surface area contributed by atoms with Crippen LogP contribution in [-0.4, -0.2) is 41.0 Å². The first kappa shape index (κ1) is 16.7. The van der Waals surface area contributed by atoms with Crippen molar-refractivity contribution in [3.05, 3.63) is 53.6 Å². The number of hydrogen-bond donors (Lipinski definition) is 1. The Morgan fingerprint density at radius 3 is 2.65 bits per heavy atom. The highest BCUT2D eigenvalue weighted by Crippen LogP contribution is 2.30. The Bertz CT molecular complexity index is 1170. The molecule has 9 heteroatoms. The van der Waals surface area contributed by atoms with Crippen molar-refractivity contribution in [3.63, 3.8) is 0 Å². The minimum atomic E-state index is -3.54. The Balaban J connectivity index is 1.81. The van der Waals surface area contributed by atoms with E-state index in [0.717, 1.165) is 39.4 Å². The van der Waals surface area contributed by atoms with Crippen LogP contribution in [0.1, 0.15) is 5.56 Å². The number of amidine groups is 2. The van der Waals surface area contributed by atoms with Crippen LogP contribution < -0.4 is 0 Å². The van der Waals surface area contributed by atoms with Gasteiger partial charge in [0.2, 0.25) is 19.4 Å². The maximum Gasteiger partial charge on any atom is 0.283 e. The summed E-state index contributed by atoms with van der Waals surface area (Å²) in [5.41, 5.74) is 0.832. The lowest BCUT2D eigenvalue weighted by Gasteiger charge is -2.20. The summed E-state index contributed by atoms with van der Waals surface area (Å²) < 4.78 is 23.2. The van der Waals surface area contributed by atoms with E-state index in [0.29, 0.717) is 0 Å². The first-order chi connectivity index (χ1) is 12.3. The van der Waals surface area contributed by atoms with Gasteiger partial charge in [0, 0.05) is 6.26 Å². The van der Waals surface area contributed by atoms with Gasteiger partial charge in [-0.2, -0.15) is 10.0 Å². The van der Waals surface area contributed by atoms with Crippen LogP contribution in [0.4, 0.5) is 0 Å². The molecule has 2 aliphatic rings. The highest BCUT2D eigenvalue weighted by molar-refractivity contribution is 8.42. The Labute approximate surface area is 153 Å². The van der Waals surface area contributed by atoms with Gasteiger partial charge in [-0.05, 0) is 34.2 Å². The lowest BCUT2D eigenvalue weighted by atomic mass is 10.0. The van der Waals surface area contributed by atoms with Crippen LogP contribution in [0.2, 0.25) is 0 Å². The highest BCUT2D eigenvalue weighted by Gasteiger charge is 2.38. The van der Waals surface area contributed by atoms with Crippen LogP contribution in [0.5, 0.6) is 0 Å². The second kappa shape index (κ2) is 5.89. The minimum Gasteiger partial charge on any atom is -0.282 e. The van der Waals surface area contributed by atoms with Gasteiger partial charge in [0.1, 0.15) is 0 Å². The van der Waals surface area contributed by atoms with E-state index in [9.17, 15) is 13.2 Å². The fourth-order valence-corrected chi connectivity index (χ4v) is 4.34. The normalized spacial score (nSPS) is 19.0. The molecule has 0 saturated heterocycles. The van der Waals surface area contributed by atoms with E-state index in [1.807, 2.05) is 42.5 Å². The number of sulfone groups is 1. The largest absolute Gasteiger partial charge is 0.283 e. The Kier molecular flexibility index (Phi) is 3.78. The van der Waals surface area contributed by atoms with Crippen LogP contribution in [-0.2, 0) is 14.6 Å². The first-order valence-corrected chi connectivity index (χ1v) is 10.2. The van der Waals surface area contributed by atoms with Gasteiger partial charge in [0.05, 0.1) is 5.57 Å². The SMILES string of the molecule is CS(=O)(=O)C1=NN2C(=N)/C(=C/c3cccc4ccccc34)C(=O)N=C2S1. The summed E-state index contributed by atoms with van der Waals surface area (Å²) in [7, 11) is -3.54. The van der Waals surface area contributed by atoms with E-state index in [1.165, 1.54) is 0 Å². The van der Waals surface area contributed by atoms with Crippen molar-refractivity contribution in [2.75, 3.05) is 6.26 Å². The average Bonchev–Trinajstić information content (AvgIpc) is 3.03. The molecule has 0 unspecified atom stereocenters. The van der Waals surface area contributed by atoms with E-state index in [1.54, 1.807) is 6.08 Å². The number of amides is 1. The summed E-state index contributed by atoms with van der Waals surface area (Å²) in [5.74, 6) is -0.786. The predicted octanol–water partition coefficient (Wildman–Crippen LogP) is 2.46. The van der Waals surface area contributed by atoms with Gasteiger partial charge in [-0.15, -0.1) is 5.10 Å². The van der Waals surface area contributed by atoms with Crippen molar-refractivity contribution < 1.29 is 13.2 Å². The van der Waals surface area contributed by atoms with Crippen molar-refractivity contribution in [2.45, 2.75) is 0 Å². The summed E-state index contributed by atoms with van der Waals surface area (Å²) in [4.78, 5) is 16.3. The van der Waals surface area contributed by atoms with Gasteiger partial charge in [-0.3, -0.25) is 10.2 Å². The molecule has 1 N–H and O–H groups in total. The van der Waals surface area contributed by atoms with Crippen LogP contribution in [0.3, 0.4) is 0 Å². The Morgan fingerprint density at radius 2 is 1.88 bits per heavy atom. The molecule has 7 nitrogen and oxygen atoms in total. The summed E-state index contributed by atoms with van der Waals surface area (Å²) in [6.07, 6.45) is 2.61. The zero-order valence-corrected chi connectivity index (χ0v) is 15.1. The number of aliphatic imine (C=N–C) groups is 1. The van der Waals surface area contributed by atoms with Gasteiger partial charge in [-0.25, -0.2) is 8.42 Å². The van der Waals surface area contributed by atoms with Crippen LogP contribution in [0.15, 0.2) is 58.1 Å². The standard InChI is InChI=1S/C17H12N4O3S2/c1-26(23,24)17-20-21-14(18)13(15(22)19-16(21)25-17)9-11-7-4-6-10-5-2-3-8-12(10)11/h2-9,18H,1H3/b13-9-,18-14?. The van der Waals surface area contributed by atoms with Gasteiger partial charge in [0.15, 0.2) is 5.84 Å².